The lowest BCUT2D eigenvalue weighted by atomic mass is 10.2. The molecular weight excluding hydrogens is 410 g/mol. The Balaban J connectivity index is 1.43. The quantitative estimate of drug-likeness (QED) is 0.605. The SMILES string of the molecule is O=C(CCNC(=O)c1ccc(Br)cc1)NCc1ccnc(-n2cccn2)c1. The van der Waals surface area contributed by atoms with Gasteiger partial charge in [0.2, 0.25) is 5.91 Å². The Morgan fingerprint density at radius 2 is 1.89 bits per heavy atom. The van der Waals surface area contributed by atoms with Crippen molar-refractivity contribution in [1.82, 2.24) is 25.4 Å². The minimum atomic E-state index is -0.201. The van der Waals surface area contributed by atoms with E-state index in [0.717, 1.165) is 10.0 Å². The van der Waals surface area contributed by atoms with E-state index in [1.807, 2.05) is 18.2 Å². The molecule has 8 heteroatoms. The second-order valence-corrected chi connectivity index (χ2v) is 6.68. The molecule has 27 heavy (non-hydrogen) atoms. The van der Waals surface area contributed by atoms with Crippen LogP contribution >= 0.6 is 15.9 Å². The molecule has 1 aromatic carbocycles. The lowest BCUT2D eigenvalue weighted by Crippen LogP contribution is -2.30. The summed E-state index contributed by atoms with van der Waals surface area (Å²) in [7, 11) is 0. The van der Waals surface area contributed by atoms with Gasteiger partial charge in [-0.2, -0.15) is 5.10 Å². The van der Waals surface area contributed by atoms with Crippen molar-refractivity contribution < 1.29 is 9.59 Å². The first-order valence-corrected chi connectivity index (χ1v) is 9.16. The van der Waals surface area contributed by atoms with E-state index in [9.17, 15) is 9.59 Å². The highest BCUT2D eigenvalue weighted by molar-refractivity contribution is 9.10. The third-order valence-corrected chi connectivity index (χ3v) is 4.31. The highest BCUT2D eigenvalue weighted by Gasteiger charge is 2.07. The molecule has 2 N–H and O–H groups in total. The van der Waals surface area contributed by atoms with Crippen LogP contribution in [-0.2, 0) is 11.3 Å². The largest absolute Gasteiger partial charge is 0.352 e. The molecule has 0 bridgehead atoms. The first-order chi connectivity index (χ1) is 13.1. The molecule has 2 aromatic heterocycles. The molecule has 0 aliphatic heterocycles. The van der Waals surface area contributed by atoms with Crippen LogP contribution in [0, 0.1) is 0 Å². The maximum absolute atomic E-state index is 12.0. The Morgan fingerprint density at radius 1 is 1.07 bits per heavy atom. The zero-order valence-electron chi connectivity index (χ0n) is 14.4. The minimum Gasteiger partial charge on any atom is -0.352 e. The lowest BCUT2D eigenvalue weighted by molar-refractivity contribution is -0.121. The van der Waals surface area contributed by atoms with Gasteiger partial charge in [-0.1, -0.05) is 15.9 Å². The van der Waals surface area contributed by atoms with Gasteiger partial charge >= 0.3 is 0 Å². The van der Waals surface area contributed by atoms with Gasteiger partial charge in [-0.15, -0.1) is 0 Å². The molecule has 2 amide bonds. The number of pyridine rings is 1. The van der Waals surface area contributed by atoms with Crippen molar-refractivity contribution in [3.8, 4) is 5.82 Å². The summed E-state index contributed by atoms with van der Waals surface area (Å²) >= 11 is 3.32. The van der Waals surface area contributed by atoms with Crippen LogP contribution in [0.25, 0.3) is 5.82 Å². The van der Waals surface area contributed by atoms with Gasteiger partial charge in [-0.3, -0.25) is 9.59 Å². The number of carbonyl (C=O) groups excluding carboxylic acids is 2. The molecule has 0 saturated carbocycles. The molecule has 0 unspecified atom stereocenters. The fraction of sp³-hybridized carbons (Fsp3) is 0.158. The number of amides is 2. The summed E-state index contributed by atoms with van der Waals surface area (Å²) in [6.07, 6.45) is 5.37. The number of rotatable bonds is 7. The number of hydrogen-bond acceptors (Lipinski definition) is 4. The van der Waals surface area contributed by atoms with Gasteiger partial charge in [0.05, 0.1) is 0 Å². The Morgan fingerprint density at radius 3 is 2.63 bits per heavy atom. The maximum Gasteiger partial charge on any atom is 0.251 e. The predicted molar refractivity (Wildman–Crippen MR) is 104 cm³/mol. The molecule has 0 spiro atoms. The maximum atomic E-state index is 12.0. The van der Waals surface area contributed by atoms with Crippen LogP contribution in [0.1, 0.15) is 22.3 Å². The number of halogens is 1. The Labute approximate surface area is 164 Å². The zero-order valence-corrected chi connectivity index (χ0v) is 16.0. The van der Waals surface area contributed by atoms with Gasteiger partial charge in [0, 0.05) is 48.1 Å². The topological polar surface area (TPSA) is 88.9 Å². The third-order valence-electron chi connectivity index (χ3n) is 3.78. The molecule has 0 fully saturated rings. The number of aromatic nitrogens is 3. The van der Waals surface area contributed by atoms with Crippen LogP contribution in [0.15, 0.2) is 65.5 Å². The summed E-state index contributed by atoms with van der Waals surface area (Å²) in [4.78, 5) is 28.2. The van der Waals surface area contributed by atoms with Crippen molar-refractivity contribution in [2.75, 3.05) is 6.54 Å². The van der Waals surface area contributed by atoms with E-state index in [1.54, 1.807) is 47.5 Å². The molecule has 7 nitrogen and oxygen atoms in total. The minimum absolute atomic E-state index is 0.136. The average Bonchev–Trinajstić information content (AvgIpc) is 3.22. The number of nitrogens with one attached hydrogen (secondary N) is 2. The molecule has 0 atom stereocenters. The van der Waals surface area contributed by atoms with Crippen LogP contribution in [0.5, 0.6) is 0 Å². The van der Waals surface area contributed by atoms with Gasteiger partial charge in [-0.05, 0) is 48.0 Å². The molecular formula is C19H18BrN5O2. The molecule has 2 heterocycles. The Hall–Kier alpha value is -3.00. The van der Waals surface area contributed by atoms with Gasteiger partial charge < -0.3 is 10.6 Å². The van der Waals surface area contributed by atoms with Gasteiger partial charge in [0.25, 0.3) is 5.91 Å². The highest BCUT2D eigenvalue weighted by Crippen LogP contribution is 2.10. The van der Waals surface area contributed by atoms with Crippen LogP contribution in [-0.4, -0.2) is 33.1 Å². The number of benzene rings is 1. The van der Waals surface area contributed by atoms with E-state index in [-0.39, 0.29) is 24.8 Å². The molecule has 0 aliphatic rings. The van der Waals surface area contributed by atoms with Crippen molar-refractivity contribution in [3.63, 3.8) is 0 Å². The predicted octanol–water partition coefficient (Wildman–Crippen LogP) is 2.47. The van der Waals surface area contributed by atoms with Crippen molar-refractivity contribution >= 4 is 27.7 Å². The lowest BCUT2D eigenvalue weighted by Gasteiger charge is -2.08. The van der Waals surface area contributed by atoms with Gasteiger partial charge in [0.15, 0.2) is 5.82 Å². The number of hydrogen-bond donors (Lipinski definition) is 2. The summed E-state index contributed by atoms with van der Waals surface area (Å²) in [5.41, 5.74) is 1.48. The fourth-order valence-electron chi connectivity index (χ4n) is 2.38. The van der Waals surface area contributed by atoms with Crippen molar-refractivity contribution in [2.24, 2.45) is 0 Å². The molecule has 0 aliphatic carbocycles. The fourth-order valence-corrected chi connectivity index (χ4v) is 2.65. The normalized spacial score (nSPS) is 10.4. The van der Waals surface area contributed by atoms with Crippen LogP contribution in [0.2, 0.25) is 0 Å². The first-order valence-electron chi connectivity index (χ1n) is 8.37. The van der Waals surface area contributed by atoms with E-state index >= 15 is 0 Å². The van der Waals surface area contributed by atoms with Crippen LogP contribution in [0.3, 0.4) is 0 Å². The van der Waals surface area contributed by atoms with E-state index < -0.39 is 0 Å². The number of nitrogens with zero attached hydrogens (tertiary/aromatic N) is 3. The Kier molecular flexibility index (Phi) is 6.32. The molecule has 0 radical (unpaired) electrons. The van der Waals surface area contributed by atoms with E-state index in [0.29, 0.717) is 17.9 Å². The second kappa shape index (κ2) is 9.09. The first kappa shape index (κ1) is 18.8. The van der Waals surface area contributed by atoms with Gasteiger partial charge in [0.1, 0.15) is 0 Å². The molecule has 138 valence electrons. The van der Waals surface area contributed by atoms with Crippen molar-refractivity contribution in [2.45, 2.75) is 13.0 Å². The zero-order chi connectivity index (χ0) is 19.1. The summed E-state index contributed by atoms with van der Waals surface area (Å²) in [5.74, 6) is 0.352. The van der Waals surface area contributed by atoms with E-state index in [1.165, 1.54) is 0 Å². The van der Waals surface area contributed by atoms with Crippen LogP contribution in [0.4, 0.5) is 0 Å². The van der Waals surface area contributed by atoms with E-state index in [2.05, 4.69) is 36.6 Å². The summed E-state index contributed by atoms with van der Waals surface area (Å²) in [6, 6.07) is 12.6. The summed E-state index contributed by atoms with van der Waals surface area (Å²) in [6.45, 7) is 0.659. The number of carbonyl (C=O) groups is 2. The summed E-state index contributed by atoms with van der Waals surface area (Å²) in [5, 5.41) is 9.71. The molecule has 3 rings (SSSR count). The third kappa shape index (κ3) is 5.49. The van der Waals surface area contributed by atoms with E-state index in [4.69, 9.17) is 0 Å². The standard InChI is InChI=1S/C19H18BrN5O2/c20-16-4-2-15(3-5-16)19(27)22-10-7-18(26)23-13-14-6-9-21-17(12-14)25-11-1-8-24-25/h1-6,8-9,11-12H,7,10,13H2,(H,22,27)(H,23,26). The van der Waals surface area contributed by atoms with Crippen LogP contribution < -0.4 is 10.6 Å². The molecule has 0 saturated heterocycles. The Bertz CT molecular complexity index is 910. The summed E-state index contributed by atoms with van der Waals surface area (Å²) < 4.78 is 2.56. The van der Waals surface area contributed by atoms with Crippen molar-refractivity contribution in [3.05, 3.63) is 76.7 Å². The average molecular weight is 428 g/mol. The molecule has 3 aromatic rings. The highest BCUT2D eigenvalue weighted by atomic mass is 79.9. The monoisotopic (exact) mass is 427 g/mol. The van der Waals surface area contributed by atoms with Crippen molar-refractivity contribution in [1.29, 1.82) is 0 Å². The van der Waals surface area contributed by atoms with Gasteiger partial charge in [-0.25, -0.2) is 9.67 Å². The smallest absolute Gasteiger partial charge is 0.251 e. The second-order valence-electron chi connectivity index (χ2n) is 5.76.